The van der Waals surface area contributed by atoms with E-state index in [9.17, 15) is 0 Å². The van der Waals surface area contributed by atoms with Gasteiger partial charge >= 0.3 is 0 Å². The number of hydrogen-bond donors (Lipinski definition) is 1. The van der Waals surface area contributed by atoms with Crippen molar-refractivity contribution in [1.82, 2.24) is 4.98 Å². The van der Waals surface area contributed by atoms with E-state index < -0.39 is 0 Å². The first-order chi connectivity index (χ1) is 9.31. The summed E-state index contributed by atoms with van der Waals surface area (Å²) in [5.74, 6) is 1.02. The van der Waals surface area contributed by atoms with Crippen LogP contribution in [0.1, 0.15) is 12.0 Å². The maximum absolute atomic E-state index is 5.79. The summed E-state index contributed by atoms with van der Waals surface area (Å²) < 4.78 is 5.47. The Balaban J connectivity index is 2.08. The molecule has 0 spiro atoms. The number of aromatic nitrogens is 1. The van der Waals surface area contributed by atoms with Gasteiger partial charge < -0.3 is 15.4 Å². The summed E-state index contributed by atoms with van der Waals surface area (Å²) in [7, 11) is 2.09. The van der Waals surface area contributed by atoms with Crippen molar-refractivity contribution in [2.45, 2.75) is 19.0 Å². The molecule has 0 amide bonds. The van der Waals surface area contributed by atoms with Crippen LogP contribution in [-0.4, -0.2) is 31.3 Å². The largest absolute Gasteiger partial charge is 0.379 e. The lowest BCUT2D eigenvalue weighted by Gasteiger charge is -2.26. The molecule has 1 unspecified atom stereocenters. The summed E-state index contributed by atoms with van der Waals surface area (Å²) >= 11 is 0. The number of likely N-dealkylation sites (N-methyl/N-ethyl adjacent to an activating group) is 1. The quantitative estimate of drug-likeness (QED) is 0.912. The molecule has 4 heteroatoms. The summed E-state index contributed by atoms with van der Waals surface area (Å²) in [6, 6.07) is 8.74. The minimum Gasteiger partial charge on any atom is -0.379 e. The molecule has 1 aliphatic heterocycles. The molecule has 1 saturated heterocycles. The van der Waals surface area contributed by atoms with Gasteiger partial charge in [-0.05, 0) is 17.4 Å². The Hall–Kier alpha value is -1.65. The molecule has 100 valence electrons. The molecular formula is C15H19N3O. The first-order valence-corrected chi connectivity index (χ1v) is 6.68. The summed E-state index contributed by atoms with van der Waals surface area (Å²) in [5.41, 5.74) is 6.88. The van der Waals surface area contributed by atoms with Gasteiger partial charge in [0.1, 0.15) is 5.82 Å². The summed E-state index contributed by atoms with van der Waals surface area (Å²) in [5, 5.41) is 2.36. The van der Waals surface area contributed by atoms with E-state index in [4.69, 9.17) is 10.5 Å². The zero-order valence-corrected chi connectivity index (χ0v) is 11.2. The molecule has 0 saturated carbocycles. The molecule has 2 N–H and O–H groups in total. The predicted molar refractivity (Wildman–Crippen MR) is 77.3 cm³/mol. The zero-order chi connectivity index (χ0) is 13.2. The van der Waals surface area contributed by atoms with Crippen LogP contribution in [0, 0.1) is 0 Å². The van der Waals surface area contributed by atoms with E-state index in [2.05, 4.69) is 29.1 Å². The van der Waals surface area contributed by atoms with Crippen LogP contribution in [0.25, 0.3) is 10.8 Å². The lowest BCUT2D eigenvalue weighted by atomic mass is 10.1. The van der Waals surface area contributed by atoms with E-state index in [1.165, 1.54) is 10.8 Å². The highest BCUT2D eigenvalue weighted by Crippen LogP contribution is 2.28. The molecule has 3 rings (SSSR count). The fourth-order valence-electron chi connectivity index (χ4n) is 2.68. The Kier molecular flexibility index (Phi) is 3.36. The van der Waals surface area contributed by atoms with Gasteiger partial charge in [-0.3, -0.25) is 0 Å². The Morgan fingerprint density at radius 2 is 2.16 bits per heavy atom. The second kappa shape index (κ2) is 5.15. The summed E-state index contributed by atoms with van der Waals surface area (Å²) in [6.45, 7) is 2.14. The Labute approximate surface area is 113 Å². The fourth-order valence-corrected chi connectivity index (χ4v) is 2.68. The van der Waals surface area contributed by atoms with Gasteiger partial charge in [-0.2, -0.15) is 0 Å². The topological polar surface area (TPSA) is 51.4 Å². The molecule has 1 aromatic heterocycles. The number of pyridine rings is 1. The number of nitrogens with zero attached hydrogens (tertiary/aromatic N) is 2. The van der Waals surface area contributed by atoms with E-state index in [0.717, 1.165) is 31.0 Å². The molecule has 4 nitrogen and oxygen atoms in total. The lowest BCUT2D eigenvalue weighted by molar-refractivity contribution is 0.193. The van der Waals surface area contributed by atoms with Crippen LogP contribution in [0.2, 0.25) is 0 Å². The van der Waals surface area contributed by atoms with Crippen molar-refractivity contribution in [3.05, 3.63) is 36.0 Å². The van der Waals surface area contributed by atoms with E-state index in [1.54, 1.807) is 0 Å². The third-order valence-corrected chi connectivity index (χ3v) is 3.86. The van der Waals surface area contributed by atoms with Gasteiger partial charge in [0.15, 0.2) is 0 Å². The number of benzene rings is 1. The standard InChI is InChI=1S/C15H19N3O/c1-18(12-6-7-19-10-12)15-14-5-3-2-4-13(14)11(8-16)9-17-15/h2-5,9,12H,6-8,10,16H2,1H3. The van der Waals surface area contributed by atoms with Gasteiger partial charge in [-0.1, -0.05) is 24.3 Å². The van der Waals surface area contributed by atoms with Gasteiger partial charge in [0, 0.05) is 31.8 Å². The molecule has 19 heavy (non-hydrogen) atoms. The van der Waals surface area contributed by atoms with Gasteiger partial charge in [0.2, 0.25) is 0 Å². The van der Waals surface area contributed by atoms with Crippen LogP contribution >= 0.6 is 0 Å². The minimum absolute atomic E-state index is 0.416. The first-order valence-electron chi connectivity index (χ1n) is 6.68. The van der Waals surface area contributed by atoms with Crippen molar-refractivity contribution in [2.24, 2.45) is 5.73 Å². The van der Waals surface area contributed by atoms with Gasteiger partial charge in [0.25, 0.3) is 0 Å². The third kappa shape index (κ3) is 2.17. The number of fused-ring (bicyclic) bond motifs is 1. The maximum Gasteiger partial charge on any atom is 0.136 e. The van der Waals surface area contributed by atoms with Crippen LogP contribution in [0.5, 0.6) is 0 Å². The second-order valence-corrected chi connectivity index (χ2v) is 4.99. The molecule has 1 aliphatic rings. The summed E-state index contributed by atoms with van der Waals surface area (Å²) in [4.78, 5) is 6.84. The molecule has 0 radical (unpaired) electrons. The fraction of sp³-hybridized carbons (Fsp3) is 0.400. The Bertz CT molecular complexity index is 579. The van der Waals surface area contributed by atoms with Crippen LogP contribution in [0.4, 0.5) is 5.82 Å². The van der Waals surface area contributed by atoms with Crippen molar-refractivity contribution in [2.75, 3.05) is 25.2 Å². The van der Waals surface area contributed by atoms with E-state index in [-0.39, 0.29) is 0 Å². The van der Waals surface area contributed by atoms with E-state index in [1.807, 2.05) is 18.3 Å². The first kappa shape index (κ1) is 12.4. The van der Waals surface area contributed by atoms with Crippen molar-refractivity contribution in [3.8, 4) is 0 Å². The Morgan fingerprint density at radius 3 is 2.84 bits per heavy atom. The molecule has 0 aliphatic carbocycles. The molecule has 2 aromatic rings. The van der Waals surface area contributed by atoms with Crippen molar-refractivity contribution in [3.63, 3.8) is 0 Å². The average Bonchev–Trinajstić information content (AvgIpc) is 2.99. The monoisotopic (exact) mass is 257 g/mol. The zero-order valence-electron chi connectivity index (χ0n) is 11.2. The number of rotatable bonds is 3. The van der Waals surface area contributed by atoms with Crippen LogP contribution in [-0.2, 0) is 11.3 Å². The van der Waals surface area contributed by atoms with Gasteiger partial charge in [-0.25, -0.2) is 4.98 Å². The second-order valence-electron chi connectivity index (χ2n) is 4.99. The average molecular weight is 257 g/mol. The smallest absolute Gasteiger partial charge is 0.136 e. The van der Waals surface area contributed by atoms with Crippen molar-refractivity contribution in [1.29, 1.82) is 0 Å². The summed E-state index contributed by atoms with van der Waals surface area (Å²) in [6.07, 6.45) is 2.95. The number of ether oxygens (including phenoxy) is 1. The molecule has 2 heterocycles. The maximum atomic E-state index is 5.79. The van der Waals surface area contributed by atoms with Gasteiger partial charge in [-0.15, -0.1) is 0 Å². The van der Waals surface area contributed by atoms with Crippen LogP contribution in [0.15, 0.2) is 30.5 Å². The molecular weight excluding hydrogens is 238 g/mol. The molecule has 1 atom stereocenters. The van der Waals surface area contributed by atoms with Crippen LogP contribution in [0.3, 0.4) is 0 Å². The number of nitrogens with two attached hydrogens (primary N) is 1. The van der Waals surface area contributed by atoms with E-state index >= 15 is 0 Å². The molecule has 1 fully saturated rings. The van der Waals surface area contributed by atoms with Crippen molar-refractivity contribution < 1.29 is 4.74 Å². The highest BCUT2D eigenvalue weighted by atomic mass is 16.5. The number of anilines is 1. The van der Waals surface area contributed by atoms with Gasteiger partial charge in [0.05, 0.1) is 12.6 Å². The molecule has 0 bridgehead atoms. The third-order valence-electron chi connectivity index (χ3n) is 3.86. The molecule has 1 aromatic carbocycles. The normalized spacial score (nSPS) is 18.9. The SMILES string of the molecule is CN(c1ncc(CN)c2ccccc12)C1CCOC1. The minimum atomic E-state index is 0.416. The predicted octanol–water partition coefficient (Wildman–Crippen LogP) is 1.92. The highest BCUT2D eigenvalue weighted by molar-refractivity contribution is 5.94. The Morgan fingerprint density at radius 1 is 1.37 bits per heavy atom. The highest BCUT2D eigenvalue weighted by Gasteiger charge is 2.22. The van der Waals surface area contributed by atoms with E-state index in [0.29, 0.717) is 12.6 Å². The van der Waals surface area contributed by atoms with Crippen LogP contribution < -0.4 is 10.6 Å². The number of hydrogen-bond acceptors (Lipinski definition) is 4. The lowest BCUT2D eigenvalue weighted by Crippen LogP contribution is -2.32. The van der Waals surface area contributed by atoms with Crippen molar-refractivity contribution >= 4 is 16.6 Å².